The largest absolute Gasteiger partial charge is 0.481 e. The van der Waals surface area contributed by atoms with Gasteiger partial charge in [0.05, 0.1) is 12.1 Å². The summed E-state index contributed by atoms with van der Waals surface area (Å²) in [5.74, 6) is -0.714. The Morgan fingerprint density at radius 2 is 1.95 bits per heavy atom. The Kier molecular flexibility index (Phi) is 4.55. The molecule has 0 aliphatic carbocycles. The van der Waals surface area contributed by atoms with E-state index in [9.17, 15) is 4.79 Å². The Hall–Kier alpha value is -1.40. The number of aryl methyl sites for hydroxylation is 2. The smallest absolute Gasteiger partial charge is 0.304 e. The quantitative estimate of drug-likeness (QED) is 0.831. The number of nitrogens with zero attached hydrogens (tertiary/aromatic N) is 4. The maximum absolute atomic E-state index is 10.5. The fraction of sp³-hybridized carbons (Fsp3) is 0.692. The van der Waals surface area contributed by atoms with Gasteiger partial charge in [0.2, 0.25) is 0 Å². The van der Waals surface area contributed by atoms with E-state index in [0.29, 0.717) is 6.54 Å². The van der Waals surface area contributed by atoms with Crippen LogP contribution in [0.4, 0.5) is 0 Å². The molecule has 0 spiro atoms. The number of carboxylic acid groups (broad SMARTS) is 1. The molecule has 0 amide bonds. The van der Waals surface area contributed by atoms with E-state index in [1.807, 2.05) is 18.7 Å². The third-order valence-electron chi connectivity index (χ3n) is 3.62. The molecule has 0 saturated carbocycles. The summed E-state index contributed by atoms with van der Waals surface area (Å²) in [6, 6.07) is 0. The van der Waals surface area contributed by atoms with Crippen LogP contribution >= 0.6 is 0 Å². The second kappa shape index (κ2) is 6.16. The monoisotopic (exact) mass is 266 g/mol. The molecular formula is C13H22N4O2. The van der Waals surface area contributed by atoms with Crippen LogP contribution in [0.5, 0.6) is 0 Å². The summed E-state index contributed by atoms with van der Waals surface area (Å²) < 4.78 is 1.85. The first-order valence-corrected chi connectivity index (χ1v) is 6.70. The van der Waals surface area contributed by atoms with E-state index >= 15 is 0 Å². The van der Waals surface area contributed by atoms with Crippen LogP contribution in [0, 0.1) is 6.92 Å². The Labute approximate surface area is 113 Å². The molecule has 0 aromatic carbocycles. The molecule has 1 aliphatic heterocycles. The zero-order valence-corrected chi connectivity index (χ0v) is 11.7. The van der Waals surface area contributed by atoms with E-state index in [-0.39, 0.29) is 6.42 Å². The van der Waals surface area contributed by atoms with Crippen LogP contribution in [0.1, 0.15) is 17.7 Å². The molecule has 6 heteroatoms. The average molecular weight is 266 g/mol. The highest BCUT2D eigenvalue weighted by Crippen LogP contribution is 2.11. The van der Waals surface area contributed by atoms with Gasteiger partial charge in [-0.05, 0) is 6.92 Å². The first-order chi connectivity index (χ1) is 9.04. The van der Waals surface area contributed by atoms with E-state index in [4.69, 9.17) is 5.11 Å². The van der Waals surface area contributed by atoms with Crippen molar-refractivity contribution in [1.29, 1.82) is 0 Å². The van der Waals surface area contributed by atoms with Gasteiger partial charge >= 0.3 is 5.97 Å². The second-order valence-corrected chi connectivity index (χ2v) is 5.17. The fourth-order valence-corrected chi connectivity index (χ4v) is 2.47. The summed E-state index contributed by atoms with van der Waals surface area (Å²) in [5.41, 5.74) is 2.37. The Morgan fingerprint density at radius 1 is 1.32 bits per heavy atom. The highest BCUT2D eigenvalue weighted by molar-refractivity contribution is 5.66. The summed E-state index contributed by atoms with van der Waals surface area (Å²) in [6.07, 6.45) is 2.31. The Balaban J connectivity index is 1.77. The lowest BCUT2D eigenvalue weighted by Gasteiger charge is -2.34. The van der Waals surface area contributed by atoms with Gasteiger partial charge in [-0.3, -0.25) is 14.4 Å². The van der Waals surface area contributed by atoms with E-state index < -0.39 is 5.97 Å². The van der Waals surface area contributed by atoms with Crippen molar-refractivity contribution in [2.75, 3.05) is 32.7 Å². The van der Waals surface area contributed by atoms with Gasteiger partial charge in [0.15, 0.2) is 0 Å². The zero-order valence-electron chi connectivity index (χ0n) is 11.7. The van der Waals surface area contributed by atoms with E-state index in [0.717, 1.165) is 38.4 Å². The first-order valence-electron chi connectivity index (χ1n) is 6.70. The van der Waals surface area contributed by atoms with Crippen LogP contribution in [-0.4, -0.2) is 63.4 Å². The number of carboxylic acids is 1. The zero-order chi connectivity index (χ0) is 13.8. The standard InChI is InChI=1S/C13H22N4O2/c1-11-12(9-15(2)14-11)10-17-7-5-16(6-8-17)4-3-13(18)19/h9H,3-8,10H2,1-2H3,(H,18,19). The Morgan fingerprint density at radius 3 is 2.47 bits per heavy atom. The van der Waals surface area contributed by atoms with Crippen molar-refractivity contribution in [1.82, 2.24) is 19.6 Å². The van der Waals surface area contributed by atoms with Gasteiger partial charge in [0, 0.05) is 58.1 Å². The third kappa shape index (κ3) is 4.04. The van der Waals surface area contributed by atoms with E-state index in [2.05, 4.69) is 21.1 Å². The van der Waals surface area contributed by atoms with Crippen LogP contribution < -0.4 is 0 Å². The minimum atomic E-state index is -0.714. The highest BCUT2D eigenvalue weighted by Gasteiger charge is 2.18. The molecule has 1 fully saturated rings. The molecule has 106 valence electrons. The maximum Gasteiger partial charge on any atom is 0.304 e. The van der Waals surface area contributed by atoms with Crippen LogP contribution in [0.25, 0.3) is 0 Å². The van der Waals surface area contributed by atoms with Crippen molar-refractivity contribution in [2.45, 2.75) is 19.9 Å². The molecule has 0 atom stereocenters. The number of rotatable bonds is 5. The molecule has 0 unspecified atom stereocenters. The Bertz CT molecular complexity index is 436. The second-order valence-electron chi connectivity index (χ2n) is 5.17. The van der Waals surface area contributed by atoms with Crippen LogP contribution in [0.2, 0.25) is 0 Å². The number of aromatic nitrogens is 2. The number of carbonyl (C=O) groups is 1. The summed E-state index contributed by atoms with van der Waals surface area (Å²) in [7, 11) is 1.94. The lowest BCUT2D eigenvalue weighted by atomic mass is 10.2. The lowest BCUT2D eigenvalue weighted by Crippen LogP contribution is -2.46. The molecule has 1 aromatic heterocycles. The van der Waals surface area contributed by atoms with Crippen molar-refractivity contribution in [3.05, 3.63) is 17.5 Å². The molecule has 1 aliphatic rings. The number of hydrogen-bond donors (Lipinski definition) is 1. The molecular weight excluding hydrogens is 244 g/mol. The predicted octanol–water partition coefficient (Wildman–Crippen LogP) is 0.321. The molecule has 1 saturated heterocycles. The van der Waals surface area contributed by atoms with Crippen LogP contribution in [-0.2, 0) is 18.4 Å². The molecule has 2 rings (SSSR count). The molecule has 19 heavy (non-hydrogen) atoms. The maximum atomic E-state index is 10.5. The average Bonchev–Trinajstić information content (AvgIpc) is 2.67. The molecule has 6 nitrogen and oxygen atoms in total. The van der Waals surface area contributed by atoms with Crippen molar-refractivity contribution < 1.29 is 9.90 Å². The van der Waals surface area contributed by atoms with Crippen molar-refractivity contribution in [3.8, 4) is 0 Å². The van der Waals surface area contributed by atoms with Crippen molar-refractivity contribution in [2.24, 2.45) is 7.05 Å². The van der Waals surface area contributed by atoms with Gasteiger partial charge in [-0.1, -0.05) is 0 Å². The van der Waals surface area contributed by atoms with Crippen molar-refractivity contribution in [3.63, 3.8) is 0 Å². The summed E-state index contributed by atoms with van der Waals surface area (Å²) in [4.78, 5) is 15.2. The van der Waals surface area contributed by atoms with E-state index in [1.165, 1.54) is 5.56 Å². The highest BCUT2D eigenvalue weighted by atomic mass is 16.4. The number of aliphatic carboxylic acids is 1. The van der Waals surface area contributed by atoms with E-state index in [1.54, 1.807) is 0 Å². The topological polar surface area (TPSA) is 61.6 Å². The van der Waals surface area contributed by atoms with Gasteiger partial charge in [-0.2, -0.15) is 5.10 Å². The summed E-state index contributed by atoms with van der Waals surface area (Å²) in [6.45, 7) is 7.53. The lowest BCUT2D eigenvalue weighted by molar-refractivity contribution is -0.137. The van der Waals surface area contributed by atoms with Gasteiger partial charge in [0.25, 0.3) is 0 Å². The third-order valence-corrected chi connectivity index (χ3v) is 3.62. The van der Waals surface area contributed by atoms with Gasteiger partial charge in [0.1, 0.15) is 0 Å². The number of hydrogen-bond acceptors (Lipinski definition) is 4. The summed E-state index contributed by atoms with van der Waals surface area (Å²) >= 11 is 0. The van der Waals surface area contributed by atoms with Gasteiger partial charge in [-0.15, -0.1) is 0 Å². The number of piperazine rings is 1. The molecule has 2 heterocycles. The molecule has 0 bridgehead atoms. The SMILES string of the molecule is Cc1nn(C)cc1CN1CCN(CCC(=O)O)CC1. The molecule has 1 N–H and O–H groups in total. The van der Waals surface area contributed by atoms with Gasteiger partial charge in [-0.25, -0.2) is 0 Å². The minimum Gasteiger partial charge on any atom is -0.481 e. The fourth-order valence-electron chi connectivity index (χ4n) is 2.47. The first kappa shape index (κ1) is 14.0. The van der Waals surface area contributed by atoms with Crippen LogP contribution in [0.15, 0.2) is 6.20 Å². The molecule has 0 radical (unpaired) electrons. The summed E-state index contributed by atoms with van der Waals surface area (Å²) in [5, 5.41) is 13.0. The normalized spacial score (nSPS) is 17.8. The van der Waals surface area contributed by atoms with Crippen molar-refractivity contribution >= 4 is 5.97 Å². The molecule has 1 aromatic rings. The minimum absolute atomic E-state index is 0.238. The predicted molar refractivity (Wildman–Crippen MR) is 71.9 cm³/mol. The van der Waals surface area contributed by atoms with Crippen LogP contribution in [0.3, 0.4) is 0 Å². The van der Waals surface area contributed by atoms with Gasteiger partial charge < -0.3 is 10.0 Å².